The van der Waals surface area contributed by atoms with Gasteiger partial charge in [0, 0.05) is 5.69 Å². The normalized spacial score (nSPS) is 11.2. The summed E-state index contributed by atoms with van der Waals surface area (Å²) in [5.74, 6) is -0.822. The highest BCUT2D eigenvalue weighted by Crippen LogP contribution is 2.18. The number of carbonyl (C=O) groups excluding carboxylic acids is 1. The molecule has 9 heteroatoms. The molecular formula is C10H14FN3O4S. The van der Waals surface area contributed by atoms with Crippen LogP contribution >= 0.6 is 0 Å². The number of anilines is 2. The Hall–Kier alpha value is -2.03. The molecule has 0 aliphatic carbocycles. The monoisotopic (exact) mass is 291 g/mol. The van der Waals surface area contributed by atoms with Gasteiger partial charge in [0.25, 0.3) is 0 Å². The molecule has 0 aromatic heterocycles. The number of rotatable bonds is 4. The molecule has 0 heterocycles. The molecule has 0 fully saturated rings. The molecule has 0 saturated heterocycles. The van der Waals surface area contributed by atoms with Crippen LogP contribution in [0, 0.1) is 5.82 Å². The minimum Gasteiger partial charge on any atom is -0.446 e. The second-order valence-electron chi connectivity index (χ2n) is 3.90. The van der Waals surface area contributed by atoms with Crippen LogP contribution in [0.2, 0.25) is 0 Å². The lowest BCUT2D eigenvalue weighted by molar-refractivity contribution is 0.121. The Kier molecular flexibility index (Phi) is 4.54. The topological polar surface area (TPSA) is 111 Å². The van der Waals surface area contributed by atoms with Crippen molar-refractivity contribution in [3.05, 3.63) is 24.0 Å². The number of carbonyl (C=O) groups is 1. The van der Waals surface area contributed by atoms with Crippen LogP contribution in [0.3, 0.4) is 0 Å². The van der Waals surface area contributed by atoms with E-state index < -0.39 is 28.2 Å². The fourth-order valence-corrected chi connectivity index (χ4v) is 1.90. The van der Waals surface area contributed by atoms with E-state index in [9.17, 15) is 17.6 Å². The van der Waals surface area contributed by atoms with Gasteiger partial charge in [0.05, 0.1) is 11.8 Å². The van der Waals surface area contributed by atoms with Gasteiger partial charge >= 0.3 is 16.3 Å². The van der Waals surface area contributed by atoms with E-state index in [1.54, 1.807) is 18.6 Å². The predicted octanol–water partition coefficient (Wildman–Crippen LogP) is 1.20. The summed E-state index contributed by atoms with van der Waals surface area (Å²) in [6.45, 7) is 3.11. The van der Waals surface area contributed by atoms with Crippen LogP contribution in [0.4, 0.5) is 20.6 Å². The summed E-state index contributed by atoms with van der Waals surface area (Å²) >= 11 is 0. The zero-order chi connectivity index (χ0) is 14.6. The third kappa shape index (κ3) is 5.00. The molecule has 1 amide bonds. The number of amides is 1. The quantitative estimate of drug-likeness (QED) is 0.722. The smallest absolute Gasteiger partial charge is 0.422 e. The molecule has 0 aliphatic heterocycles. The molecule has 0 radical (unpaired) electrons. The summed E-state index contributed by atoms with van der Waals surface area (Å²) in [5.41, 5.74) is 5.20. The largest absolute Gasteiger partial charge is 0.446 e. The van der Waals surface area contributed by atoms with Crippen molar-refractivity contribution in [3.63, 3.8) is 0 Å². The molecule has 0 bridgehead atoms. The number of hydrogen-bond acceptors (Lipinski definition) is 5. The van der Waals surface area contributed by atoms with Gasteiger partial charge in [-0.1, -0.05) is 0 Å². The van der Waals surface area contributed by atoms with Gasteiger partial charge in [0.2, 0.25) is 0 Å². The van der Waals surface area contributed by atoms with Crippen LogP contribution in [-0.4, -0.2) is 20.6 Å². The van der Waals surface area contributed by atoms with Gasteiger partial charge in [-0.2, -0.15) is 8.42 Å². The molecular weight excluding hydrogens is 277 g/mol. The predicted molar refractivity (Wildman–Crippen MR) is 68.1 cm³/mol. The highest BCUT2D eigenvalue weighted by molar-refractivity contribution is 7.91. The zero-order valence-corrected chi connectivity index (χ0v) is 11.1. The Balaban J connectivity index is 2.80. The molecule has 4 N–H and O–H groups in total. The Morgan fingerprint density at radius 3 is 2.63 bits per heavy atom. The minimum atomic E-state index is -4.29. The highest BCUT2D eigenvalue weighted by atomic mass is 32.2. The van der Waals surface area contributed by atoms with Gasteiger partial charge in [-0.15, -0.1) is 0 Å². The van der Waals surface area contributed by atoms with Gasteiger partial charge in [-0.05, 0) is 32.0 Å². The first-order valence-electron chi connectivity index (χ1n) is 5.26. The molecule has 106 valence electrons. The standard InChI is InChI=1S/C10H14FN3O4S/c1-6(2)18-10(15)14-19(16,17)13-9-5-7(12)3-4-8(9)11/h3-6,13H,12H2,1-2H3,(H,14,15). The van der Waals surface area contributed by atoms with E-state index in [1.165, 1.54) is 6.07 Å². The molecule has 7 nitrogen and oxygen atoms in total. The van der Waals surface area contributed by atoms with E-state index in [1.807, 2.05) is 4.72 Å². The summed E-state index contributed by atoms with van der Waals surface area (Å²) in [4.78, 5) is 11.1. The number of nitrogens with one attached hydrogen (secondary N) is 2. The van der Waals surface area contributed by atoms with E-state index in [0.717, 1.165) is 12.1 Å². The lowest BCUT2D eigenvalue weighted by atomic mass is 10.3. The summed E-state index contributed by atoms with van der Waals surface area (Å²) in [6, 6.07) is 3.36. The second kappa shape index (κ2) is 5.74. The average Bonchev–Trinajstić information content (AvgIpc) is 2.20. The first-order chi connectivity index (χ1) is 8.69. The molecule has 0 unspecified atom stereocenters. The van der Waals surface area contributed by atoms with Gasteiger partial charge in [-0.3, -0.25) is 4.72 Å². The third-order valence-corrected chi connectivity index (χ3v) is 2.72. The Labute approximate surface area is 110 Å². The number of nitrogen functional groups attached to an aromatic ring is 1. The fourth-order valence-electron chi connectivity index (χ4n) is 1.14. The first kappa shape index (κ1) is 15.0. The molecule has 0 spiro atoms. The first-order valence-corrected chi connectivity index (χ1v) is 6.74. The Morgan fingerprint density at radius 1 is 1.42 bits per heavy atom. The van der Waals surface area contributed by atoms with Crippen LogP contribution in [0.1, 0.15) is 13.8 Å². The van der Waals surface area contributed by atoms with Crippen LogP contribution in [-0.2, 0) is 14.9 Å². The Morgan fingerprint density at radius 2 is 2.05 bits per heavy atom. The van der Waals surface area contributed by atoms with Crippen LogP contribution in [0.15, 0.2) is 18.2 Å². The van der Waals surface area contributed by atoms with Crippen LogP contribution in [0.25, 0.3) is 0 Å². The van der Waals surface area contributed by atoms with Gasteiger partial charge in [-0.25, -0.2) is 13.9 Å². The summed E-state index contributed by atoms with van der Waals surface area (Å²) in [5, 5.41) is 0. The molecule has 1 aromatic carbocycles. The average molecular weight is 291 g/mol. The van der Waals surface area contributed by atoms with Crippen molar-refractivity contribution in [2.75, 3.05) is 10.5 Å². The lowest BCUT2D eigenvalue weighted by Crippen LogP contribution is -2.37. The van der Waals surface area contributed by atoms with Crippen molar-refractivity contribution in [1.29, 1.82) is 0 Å². The molecule has 0 atom stereocenters. The summed E-state index contributed by atoms with van der Waals surface area (Å²) in [6.07, 6.45) is -1.65. The minimum absolute atomic E-state index is 0.170. The Bertz CT molecular complexity index is 574. The van der Waals surface area contributed by atoms with Crippen molar-refractivity contribution in [2.24, 2.45) is 0 Å². The lowest BCUT2D eigenvalue weighted by Gasteiger charge is -2.12. The van der Waals surface area contributed by atoms with E-state index in [2.05, 4.69) is 4.74 Å². The third-order valence-electron chi connectivity index (χ3n) is 1.80. The number of ether oxygens (including phenoxy) is 1. The zero-order valence-electron chi connectivity index (χ0n) is 10.3. The molecule has 0 saturated carbocycles. The maximum absolute atomic E-state index is 13.3. The highest BCUT2D eigenvalue weighted by Gasteiger charge is 2.18. The summed E-state index contributed by atoms with van der Waals surface area (Å²) in [7, 11) is -4.29. The number of hydrogen-bond donors (Lipinski definition) is 3. The maximum atomic E-state index is 13.3. The number of benzene rings is 1. The van der Waals surface area contributed by atoms with Crippen molar-refractivity contribution < 1.29 is 22.3 Å². The van der Waals surface area contributed by atoms with Crippen molar-refractivity contribution in [3.8, 4) is 0 Å². The molecule has 19 heavy (non-hydrogen) atoms. The van der Waals surface area contributed by atoms with E-state index >= 15 is 0 Å². The number of nitrogens with two attached hydrogens (primary N) is 1. The molecule has 1 aromatic rings. The van der Waals surface area contributed by atoms with Gasteiger partial charge < -0.3 is 10.5 Å². The molecule has 0 aliphatic rings. The number of halogens is 1. The van der Waals surface area contributed by atoms with E-state index in [0.29, 0.717) is 0 Å². The van der Waals surface area contributed by atoms with E-state index in [4.69, 9.17) is 5.73 Å². The van der Waals surface area contributed by atoms with Gasteiger partial charge in [0.1, 0.15) is 5.82 Å². The van der Waals surface area contributed by atoms with Crippen molar-refractivity contribution >= 4 is 27.7 Å². The summed E-state index contributed by atoms with van der Waals surface area (Å²) < 4.78 is 44.4. The van der Waals surface area contributed by atoms with Crippen LogP contribution < -0.4 is 15.2 Å². The maximum Gasteiger partial charge on any atom is 0.422 e. The van der Waals surface area contributed by atoms with Crippen molar-refractivity contribution in [2.45, 2.75) is 20.0 Å². The van der Waals surface area contributed by atoms with Crippen molar-refractivity contribution in [1.82, 2.24) is 4.72 Å². The van der Waals surface area contributed by atoms with Gasteiger partial charge in [0.15, 0.2) is 0 Å². The second-order valence-corrected chi connectivity index (χ2v) is 5.32. The fraction of sp³-hybridized carbons (Fsp3) is 0.300. The SMILES string of the molecule is CC(C)OC(=O)NS(=O)(=O)Nc1cc(N)ccc1F. The van der Waals surface area contributed by atoms with E-state index in [-0.39, 0.29) is 11.4 Å². The van der Waals surface area contributed by atoms with Crippen LogP contribution in [0.5, 0.6) is 0 Å². The molecule has 1 rings (SSSR count).